The number of aromatic nitrogens is 1. The minimum atomic E-state index is -4.40. The number of likely N-dealkylation sites (tertiary alicyclic amines) is 1. The second kappa shape index (κ2) is 8.08. The molecule has 1 saturated heterocycles. The van der Waals surface area contributed by atoms with Gasteiger partial charge in [-0.15, -0.1) is 0 Å². The first-order chi connectivity index (χ1) is 12.8. The third-order valence-corrected chi connectivity index (χ3v) is 4.85. The lowest BCUT2D eigenvalue weighted by Gasteiger charge is -2.26. The number of nitrogens with one attached hydrogen (secondary N) is 1. The van der Waals surface area contributed by atoms with Gasteiger partial charge < -0.3 is 10.2 Å². The minimum Gasteiger partial charge on any atom is -0.341 e. The molecule has 0 aliphatic carbocycles. The molecule has 1 atom stereocenters. The zero-order chi connectivity index (χ0) is 19.4. The van der Waals surface area contributed by atoms with Crippen molar-refractivity contribution in [1.29, 1.82) is 0 Å². The molecule has 0 unspecified atom stereocenters. The molecule has 2 aromatic rings. The maximum Gasteiger partial charge on any atom is 0.416 e. The number of pyridine rings is 1. The molecule has 1 aromatic heterocycles. The third kappa shape index (κ3) is 4.86. The molecule has 3 rings (SSSR count). The van der Waals surface area contributed by atoms with Crippen molar-refractivity contribution in [2.75, 3.05) is 13.1 Å². The van der Waals surface area contributed by atoms with E-state index < -0.39 is 17.8 Å². The Bertz CT molecular complexity index is 807. The van der Waals surface area contributed by atoms with Crippen LogP contribution in [0.15, 0.2) is 42.6 Å². The number of nitrogens with zero attached hydrogens (tertiary/aromatic N) is 2. The lowest BCUT2D eigenvalue weighted by atomic mass is 10.0. The summed E-state index contributed by atoms with van der Waals surface area (Å²) >= 11 is 0. The first-order valence-corrected chi connectivity index (χ1v) is 8.93. The molecule has 2 heterocycles. The van der Waals surface area contributed by atoms with Gasteiger partial charge in [0, 0.05) is 37.9 Å². The average Bonchev–Trinajstić information content (AvgIpc) is 3.04. The lowest BCUT2D eigenvalue weighted by Crippen LogP contribution is -2.36. The van der Waals surface area contributed by atoms with E-state index in [2.05, 4.69) is 10.3 Å². The summed E-state index contributed by atoms with van der Waals surface area (Å²) in [6.07, 6.45) is -1.41. The second-order valence-corrected chi connectivity index (χ2v) is 6.75. The molecular weight excluding hydrogens is 355 g/mol. The number of alkyl halides is 3. The molecule has 1 aliphatic rings. The highest BCUT2D eigenvalue weighted by Gasteiger charge is 2.31. The predicted molar refractivity (Wildman–Crippen MR) is 95.8 cm³/mol. The number of hydrogen-bond acceptors (Lipinski definition) is 3. The van der Waals surface area contributed by atoms with E-state index in [0.29, 0.717) is 31.6 Å². The maximum absolute atomic E-state index is 13.1. The second-order valence-electron chi connectivity index (χ2n) is 6.75. The van der Waals surface area contributed by atoms with Crippen LogP contribution in [0.25, 0.3) is 0 Å². The van der Waals surface area contributed by atoms with Gasteiger partial charge >= 0.3 is 6.18 Å². The van der Waals surface area contributed by atoms with Crippen molar-refractivity contribution < 1.29 is 18.0 Å². The van der Waals surface area contributed by atoms with Gasteiger partial charge in [0.2, 0.25) is 5.91 Å². The Morgan fingerprint density at radius 3 is 2.74 bits per heavy atom. The summed E-state index contributed by atoms with van der Waals surface area (Å²) in [5.41, 5.74) is 1.68. The van der Waals surface area contributed by atoms with E-state index in [4.69, 9.17) is 0 Å². The van der Waals surface area contributed by atoms with Crippen LogP contribution in [0.5, 0.6) is 0 Å². The average molecular weight is 377 g/mol. The quantitative estimate of drug-likeness (QED) is 0.831. The summed E-state index contributed by atoms with van der Waals surface area (Å²) in [5.74, 6) is 0.0475. The van der Waals surface area contributed by atoms with Gasteiger partial charge in [0.25, 0.3) is 0 Å². The maximum atomic E-state index is 13.1. The topological polar surface area (TPSA) is 45.2 Å². The Balaban J connectivity index is 1.83. The van der Waals surface area contributed by atoms with Crippen LogP contribution in [0, 0.1) is 6.92 Å². The SMILES string of the molecule is Cc1ncccc1CN[C@@H](CN1CCCC1=O)c1cccc(C(F)(F)F)c1. The monoisotopic (exact) mass is 377 g/mol. The van der Waals surface area contributed by atoms with Crippen molar-refractivity contribution in [2.24, 2.45) is 0 Å². The molecule has 0 saturated carbocycles. The van der Waals surface area contributed by atoms with Gasteiger partial charge in [0.15, 0.2) is 0 Å². The summed E-state index contributed by atoms with van der Waals surface area (Å²) in [6, 6.07) is 8.67. The zero-order valence-electron chi connectivity index (χ0n) is 15.1. The number of halogens is 3. The number of carbonyl (C=O) groups excluding carboxylic acids is 1. The van der Waals surface area contributed by atoms with Crippen molar-refractivity contribution in [3.63, 3.8) is 0 Å². The standard InChI is InChI=1S/C20H22F3N3O/c1-14-16(6-3-9-24-14)12-25-18(13-26-10-4-8-19(26)27)15-5-2-7-17(11-15)20(21,22)23/h2-3,5-7,9,11,18,25H,4,8,10,12-13H2,1H3/t18-/m0/s1. The number of amides is 1. The minimum absolute atomic E-state index is 0.0475. The van der Waals surface area contributed by atoms with Gasteiger partial charge in [-0.05, 0) is 42.7 Å². The first kappa shape index (κ1) is 19.4. The molecule has 0 bridgehead atoms. The van der Waals surface area contributed by atoms with Crippen molar-refractivity contribution in [1.82, 2.24) is 15.2 Å². The fourth-order valence-corrected chi connectivity index (χ4v) is 3.27. The number of benzene rings is 1. The molecule has 144 valence electrons. The van der Waals surface area contributed by atoms with Crippen LogP contribution in [-0.2, 0) is 17.5 Å². The van der Waals surface area contributed by atoms with Crippen LogP contribution in [0.3, 0.4) is 0 Å². The Morgan fingerprint density at radius 2 is 2.07 bits per heavy atom. The van der Waals surface area contributed by atoms with Gasteiger partial charge in [0.05, 0.1) is 11.6 Å². The number of aryl methyl sites for hydroxylation is 1. The molecule has 7 heteroatoms. The van der Waals surface area contributed by atoms with Gasteiger partial charge in [-0.3, -0.25) is 9.78 Å². The molecule has 4 nitrogen and oxygen atoms in total. The molecular formula is C20H22F3N3O. The van der Waals surface area contributed by atoms with E-state index in [1.54, 1.807) is 17.2 Å². The van der Waals surface area contributed by atoms with Gasteiger partial charge in [0.1, 0.15) is 0 Å². The summed E-state index contributed by atoms with van der Waals surface area (Å²) in [7, 11) is 0. The van der Waals surface area contributed by atoms with Gasteiger partial charge in [-0.25, -0.2) is 0 Å². The van der Waals surface area contributed by atoms with Crippen molar-refractivity contribution in [2.45, 2.75) is 38.5 Å². The third-order valence-electron chi connectivity index (χ3n) is 4.85. The van der Waals surface area contributed by atoms with Crippen LogP contribution in [0.1, 0.15) is 41.3 Å². The largest absolute Gasteiger partial charge is 0.416 e. The van der Waals surface area contributed by atoms with Crippen LogP contribution in [0.2, 0.25) is 0 Å². The van der Waals surface area contributed by atoms with Crippen molar-refractivity contribution in [3.8, 4) is 0 Å². The Morgan fingerprint density at radius 1 is 1.26 bits per heavy atom. The number of rotatable bonds is 6. The summed E-state index contributed by atoms with van der Waals surface area (Å²) in [6.45, 7) is 3.34. The van der Waals surface area contributed by atoms with Crippen LogP contribution in [0.4, 0.5) is 13.2 Å². The fraction of sp³-hybridized carbons (Fsp3) is 0.400. The van der Waals surface area contributed by atoms with Gasteiger partial charge in [-0.2, -0.15) is 13.2 Å². The number of hydrogen-bond donors (Lipinski definition) is 1. The Hall–Kier alpha value is -2.41. The zero-order valence-corrected chi connectivity index (χ0v) is 15.1. The highest BCUT2D eigenvalue weighted by atomic mass is 19.4. The summed E-state index contributed by atoms with van der Waals surface area (Å²) in [5, 5.41) is 3.32. The van der Waals surface area contributed by atoms with Crippen LogP contribution in [-0.4, -0.2) is 28.9 Å². The molecule has 0 spiro atoms. The normalized spacial score (nSPS) is 16.0. The molecule has 1 aliphatic heterocycles. The van der Waals surface area contributed by atoms with Crippen LogP contribution >= 0.6 is 0 Å². The summed E-state index contributed by atoms with van der Waals surface area (Å²) in [4.78, 5) is 18.0. The van der Waals surface area contributed by atoms with E-state index in [1.165, 1.54) is 6.07 Å². The highest BCUT2D eigenvalue weighted by Crippen LogP contribution is 2.31. The Kier molecular flexibility index (Phi) is 5.79. The van der Waals surface area contributed by atoms with Crippen LogP contribution < -0.4 is 5.32 Å². The van der Waals surface area contributed by atoms with E-state index >= 15 is 0 Å². The van der Waals surface area contributed by atoms with Crippen molar-refractivity contribution >= 4 is 5.91 Å². The fourth-order valence-electron chi connectivity index (χ4n) is 3.27. The molecule has 1 aromatic carbocycles. The molecule has 1 N–H and O–H groups in total. The molecule has 1 amide bonds. The van der Waals surface area contributed by atoms with Crippen molar-refractivity contribution in [3.05, 3.63) is 65.0 Å². The summed E-state index contributed by atoms with van der Waals surface area (Å²) < 4.78 is 39.3. The Labute approximate surface area is 156 Å². The first-order valence-electron chi connectivity index (χ1n) is 8.93. The highest BCUT2D eigenvalue weighted by molar-refractivity contribution is 5.78. The predicted octanol–water partition coefficient (Wildman–Crippen LogP) is 3.86. The van der Waals surface area contributed by atoms with E-state index in [-0.39, 0.29) is 5.91 Å². The van der Waals surface area contributed by atoms with E-state index in [9.17, 15) is 18.0 Å². The number of carbonyl (C=O) groups is 1. The van der Waals surface area contributed by atoms with E-state index in [1.807, 2.05) is 19.1 Å². The molecule has 27 heavy (non-hydrogen) atoms. The molecule has 1 fully saturated rings. The molecule has 0 radical (unpaired) electrons. The van der Waals surface area contributed by atoms with Gasteiger partial charge in [-0.1, -0.05) is 18.2 Å². The smallest absolute Gasteiger partial charge is 0.341 e. The van der Waals surface area contributed by atoms with E-state index in [0.717, 1.165) is 29.8 Å². The lowest BCUT2D eigenvalue weighted by molar-refractivity contribution is -0.137.